The fraction of sp³-hybridized carbons (Fsp3) is 0.381. The number of rotatable bonds is 4. The average molecular weight is 369 g/mol. The molecule has 2 aliphatic rings. The first-order chi connectivity index (χ1) is 13.0. The summed E-state index contributed by atoms with van der Waals surface area (Å²) in [5.41, 5.74) is 1.45. The molecule has 1 aromatic carbocycles. The minimum atomic E-state index is -1.09. The van der Waals surface area contributed by atoms with Crippen molar-refractivity contribution >= 4 is 23.9 Å². The van der Waals surface area contributed by atoms with Crippen molar-refractivity contribution in [2.45, 2.75) is 45.1 Å². The first-order valence-corrected chi connectivity index (χ1v) is 9.12. The van der Waals surface area contributed by atoms with Crippen LogP contribution in [-0.4, -0.2) is 41.0 Å². The number of hydrogen-bond donors (Lipinski definition) is 1. The van der Waals surface area contributed by atoms with Crippen LogP contribution in [0.15, 0.2) is 41.1 Å². The summed E-state index contributed by atoms with van der Waals surface area (Å²) in [6.45, 7) is 1.75. The number of methoxy groups -OCH3 is 1. The van der Waals surface area contributed by atoms with Crippen molar-refractivity contribution in [3.63, 3.8) is 0 Å². The highest BCUT2D eigenvalue weighted by atomic mass is 16.5. The second-order valence-electron chi connectivity index (χ2n) is 6.87. The fourth-order valence-electron chi connectivity index (χ4n) is 3.95. The number of carboxylic acids is 1. The van der Waals surface area contributed by atoms with Crippen LogP contribution in [0.1, 0.15) is 54.9 Å². The standard InChI is InChI=1S/C21H23NO5/c1-13-18(21(26)27-2)17(12-14-8-6-7-11-16(14)20(24)25)19(23)22(13)15-9-4-3-5-10-15/h6-8,11-12,15H,3-5,9-10H2,1-2H3,(H,24,25)/b17-12-. The van der Waals surface area contributed by atoms with Gasteiger partial charge in [-0.05, 0) is 37.5 Å². The first-order valence-electron chi connectivity index (χ1n) is 9.12. The van der Waals surface area contributed by atoms with Crippen molar-refractivity contribution in [2.75, 3.05) is 7.11 Å². The molecule has 1 heterocycles. The summed E-state index contributed by atoms with van der Waals surface area (Å²) in [5.74, 6) is -1.93. The van der Waals surface area contributed by atoms with Gasteiger partial charge >= 0.3 is 11.9 Å². The van der Waals surface area contributed by atoms with E-state index in [1.807, 2.05) is 0 Å². The average Bonchev–Trinajstić information content (AvgIpc) is 2.92. The minimum Gasteiger partial charge on any atom is -0.478 e. The van der Waals surface area contributed by atoms with Crippen molar-refractivity contribution in [1.82, 2.24) is 4.90 Å². The summed E-state index contributed by atoms with van der Waals surface area (Å²) in [7, 11) is 1.28. The first kappa shape index (κ1) is 18.9. The van der Waals surface area contributed by atoms with Gasteiger partial charge in [0.25, 0.3) is 5.91 Å². The Morgan fingerprint density at radius 3 is 2.48 bits per heavy atom. The fourth-order valence-corrected chi connectivity index (χ4v) is 3.95. The van der Waals surface area contributed by atoms with Gasteiger partial charge in [-0.1, -0.05) is 37.5 Å². The Morgan fingerprint density at radius 2 is 1.85 bits per heavy atom. The van der Waals surface area contributed by atoms with Gasteiger partial charge in [-0.25, -0.2) is 9.59 Å². The van der Waals surface area contributed by atoms with Gasteiger partial charge in [0.05, 0.1) is 23.8 Å². The van der Waals surface area contributed by atoms with Crippen molar-refractivity contribution < 1.29 is 24.2 Å². The summed E-state index contributed by atoms with van der Waals surface area (Å²) in [6, 6.07) is 6.48. The molecule has 1 aliphatic carbocycles. The molecule has 1 amide bonds. The third-order valence-corrected chi connectivity index (χ3v) is 5.26. The highest BCUT2D eigenvalue weighted by molar-refractivity contribution is 6.16. The van der Waals surface area contributed by atoms with E-state index < -0.39 is 11.9 Å². The van der Waals surface area contributed by atoms with Gasteiger partial charge in [-0.15, -0.1) is 0 Å². The predicted molar refractivity (Wildman–Crippen MR) is 99.8 cm³/mol. The van der Waals surface area contributed by atoms with E-state index in [4.69, 9.17) is 4.74 Å². The molecule has 0 spiro atoms. The zero-order chi connectivity index (χ0) is 19.6. The lowest BCUT2D eigenvalue weighted by atomic mass is 9.94. The van der Waals surface area contributed by atoms with Crippen LogP contribution >= 0.6 is 0 Å². The number of esters is 1. The molecule has 0 aromatic heterocycles. The zero-order valence-corrected chi connectivity index (χ0v) is 15.5. The third kappa shape index (κ3) is 3.52. The van der Waals surface area contributed by atoms with Gasteiger partial charge in [0.15, 0.2) is 0 Å². The van der Waals surface area contributed by atoms with Crippen LogP contribution in [0.4, 0.5) is 0 Å². The molecule has 142 valence electrons. The summed E-state index contributed by atoms with van der Waals surface area (Å²) in [6.07, 6.45) is 6.55. The smallest absolute Gasteiger partial charge is 0.340 e. The Labute approximate surface area is 158 Å². The minimum absolute atomic E-state index is 0.0616. The predicted octanol–water partition coefficient (Wildman–Crippen LogP) is 3.39. The molecular weight excluding hydrogens is 346 g/mol. The Morgan fingerprint density at radius 1 is 1.19 bits per heavy atom. The quantitative estimate of drug-likeness (QED) is 0.650. The number of amides is 1. The molecule has 3 rings (SSSR count). The molecule has 0 saturated heterocycles. The second-order valence-corrected chi connectivity index (χ2v) is 6.87. The van der Waals surface area contributed by atoms with Crippen molar-refractivity contribution in [1.29, 1.82) is 0 Å². The van der Waals surface area contributed by atoms with E-state index in [1.54, 1.807) is 30.0 Å². The lowest BCUT2D eigenvalue weighted by molar-refractivity contribution is -0.136. The number of allylic oxidation sites excluding steroid dienone is 1. The number of aromatic carboxylic acids is 1. The van der Waals surface area contributed by atoms with E-state index >= 15 is 0 Å². The number of nitrogens with zero attached hydrogens (tertiary/aromatic N) is 1. The van der Waals surface area contributed by atoms with E-state index in [1.165, 1.54) is 19.3 Å². The Hall–Kier alpha value is -2.89. The van der Waals surface area contributed by atoms with Crippen LogP contribution in [0.25, 0.3) is 6.08 Å². The molecule has 6 nitrogen and oxygen atoms in total. The number of carboxylic acid groups (broad SMARTS) is 1. The molecule has 0 bridgehead atoms. The van der Waals surface area contributed by atoms with Crippen molar-refractivity contribution in [3.05, 3.63) is 52.2 Å². The van der Waals surface area contributed by atoms with Gasteiger partial charge in [0, 0.05) is 11.7 Å². The normalized spacial score (nSPS) is 19.7. The molecule has 1 aliphatic heterocycles. The highest BCUT2D eigenvalue weighted by Gasteiger charge is 2.40. The van der Waals surface area contributed by atoms with Crippen LogP contribution in [0.5, 0.6) is 0 Å². The Bertz CT molecular complexity index is 846. The van der Waals surface area contributed by atoms with Crippen LogP contribution in [-0.2, 0) is 14.3 Å². The van der Waals surface area contributed by atoms with Crippen LogP contribution < -0.4 is 0 Å². The second kappa shape index (κ2) is 7.78. The van der Waals surface area contributed by atoms with E-state index in [9.17, 15) is 19.5 Å². The highest BCUT2D eigenvalue weighted by Crippen LogP contribution is 2.37. The molecule has 0 atom stereocenters. The summed E-state index contributed by atoms with van der Waals surface area (Å²) in [4.78, 5) is 38.8. The molecule has 0 radical (unpaired) electrons. The number of carbonyl (C=O) groups excluding carboxylic acids is 2. The molecular formula is C21H23NO5. The Kier molecular flexibility index (Phi) is 5.44. The number of ether oxygens (including phenoxy) is 1. The Balaban J connectivity index is 2.10. The van der Waals surface area contributed by atoms with E-state index in [-0.39, 0.29) is 28.7 Å². The maximum Gasteiger partial charge on any atom is 0.340 e. The van der Waals surface area contributed by atoms with Gasteiger partial charge in [-0.2, -0.15) is 0 Å². The molecule has 1 aromatic rings. The number of benzene rings is 1. The van der Waals surface area contributed by atoms with Gasteiger partial charge in [-0.3, -0.25) is 4.79 Å². The van der Waals surface area contributed by atoms with Crippen molar-refractivity contribution in [3.8, 4) is 0 Å². The van der Waals surface area contributed by atoms with Crippen LogP contribution in [0.3, 0.4) is 0 Å². The monoisotopic (exact) mass is 369 g/mol. The molecule has 1 fully saturated rings. The van der Waals surface area contributed by atoms with Gasteiger partial charge < -0.3 is 14.7 Å². The lowest BCUT2D eigenvalue weighted by Crippen LogP contribution is -2.37. The maximum atomic E-state index is 13.2. The van der Waals surface area contributed by atoms with Crippen LogP contribution in [0.2, 0.25) is 0 Å². The molecule has 1 saturated carbocycles. The number of carbonyl (C=O) groups is 3. The number of hydrogen-bond acceptors (Lipinski definition) is 4. The summed E-state index contributed by atoms with van der Waals surface area (Å²) in [5, 5.41) is 9.41. The molecule has 0 unspecified atom stereocenters. The lowest BCUT2D eigenvalue weighted by Gasteiger charge is -2.32. The molecule has 1 N–H and O–H groups in total. The molecule has 6 heteroatoms. The van der Waals surface area contributed by atoms with Crippen LogP contribution in [0, 0.1) is 0 Å². The zero-order valence-electron chi connectivity index (χ0n) is 15.5. The maximum absolute atomic E-state index is 13.2. The van der Waals surface area contributed by atoms with Gasteiger partial charge in [0.1, 0.15) is 0 Å². The van der Waals surface area contributed by atoms with Gasteiger partial charge in [0.2, 0.25) is 0 Å². The molecule has 27 heavy (non-hydrogen) atoms. The third-order valence-electron chi connectivity index (χ3n) is 5.26. The van der Waals surface area contributed by atoms with E-state index in [0.717, 1.165) is 32.1 Å². The van der Waals surface area contributed by atoms with E-state index in [2.05, 4.69) is 0 Å². The SMILES string of the molecule is COC(=O)C1=C(C)N(C2CCCCC2)C(=O)/C1=C\c1ccccc1C(=O)O. The topological polar surface area (TPSA) is 83.9 Å². The van der Waals surface area contributed by atoms with E-state index in [0.29, 0.717) is 11.3 Å². The summed E-state index contributed by atoms with van der Waals surface area (Å²) >= 11 is 0. The largest absolute Gasteiger partial charge is 0.478 e. The summed E-state index contributed by atoms with van der Waals surface area (Å²) < 4.78 is 4.90. The van der Waals surface area contributed by atoms with Crippen molar-refractivity contribution in [2.24, 2.45) is 0 Å².